The van der Waals surface area contributed by atoms with Gasteiger partial charge in [0.1, 0.15) is 0 Å². The molecule has 5 heteroatoms. The summed E-state index contributed by atoms with van der Waals surface area (Å²) in [6, 6.07) is 13.0. The molecule has 2 aromatic carbocycles. The van der Waals surface area contributed by atoms with Crippen molar-refractivity contribution in [3.63, 3.8) is 0 Å². The lowest BCUT2D eigenvalue weighted by molar-refractivity contribution is 0.102. The summed E-state index contributed by atoms with van der Waals surface area (Å²) in [4.78, 5) is 14.4. The summed E-state index contributed by atoms with van der Waals surface area (Å²) in [6.07, 6.45) is 0. The van der Waals surface area contributed by atoms with Crippen molar-refractivity contribution in [2.24, 2.45) is 0 Å². The van der Waals surface area contributed by atoms with Crippen LogP contribution in [0, 0.1) is 0 Å². The van der Waals surface area contributed by atoms with Gasteiger partial charge in [-0.3, -0.25) is 4.79 Å². The minimum atomic E-state index is -0.215. The Morgan fingerprint density at radius 2 is 1.95 bits per heavy atom. The first-order valence-electron chi connectivity index (χ1n) is 6.46. The fraction of sp³-hybridized carbons (Fsp3) is 0.188. The Kier molecular flexibility index (Phi) is 5.39. The van der Waals surface area contributed by atoms with E-state index in [4.69, 9.17) is 11.6 Å². The number of nitrogens with one attached hydrogen (secondary N) is 1. The van der Waals surface area contributed by atoms with Crippen LogP contribution >= 0.6 is 27.5 Å². The van der Waals surface area contributed by atoms with E-state index in [0.717, 1.165) is 22.3 Å². The number of nitrogens with zero attached hydrogens (tertiary/aromatic N) is 1. The highest BCUT2D eigenvalue weighted by atomic mass is 79.9. The third-order valence-corrected chi connectivity index (χ3v) is 3.75. The standard InChI is InChI=1S/C16H16BrClN2O/c1-20(2)10-11-5-3-4-6-15(11)19-16(21)13-9-12(17)7-8-14(13)18/h3-9H,10H2,1-2H3,(H,19,21). The molecule has 0 fully saturated rings. The molecule has 0 radical (unpaired) electrons. The molecular weight excluding hydrogens is 352 g/mol. The molecule has 21 heavy (non-hydrogen) atoms. The van der Waals surface area contributed by atoms with E-state index in [2.05, 4.69) is 26.1 Å². The molecule has 0 atom stereocenters. The van der Waals surface area contributed by atoms with Crippen molar-refractivity contribution in [1.29, 1.82) is 0 Å². The fourth-order valence-electron chi connectivity index (χ4n) is 1.98. The molecule has 0 heterocycles. The Morgan fingerprint density at radius 1 is 1.24 bits per heavy atom. The average molecular weight is 368 g/mol. The zero-order valence-corrected chi connectivity index (χ0v) is 14.2. The van der Waals surface area contributed by atoms with Gasteiger partial charge < -0.3 is 10.2 Å². The van der Waals surface area contributed by atoms with Gasteiger partial charge >= 0.3 is 0 Å². The van der Waals surface area contributed by atoms with Gasteiger partial charge in [-0.05, 0) is 43.9 Å². The maximum atomic E-state index is 12.4. The van der Waals surface area contributed by atoms with Gasteiger partial charge in [-0.1, -0.05) is 45.7 Å². The van der Waals surface area contributed by atoms with Crippen LogP contribution in [0.25, 0.3) is 0 Å². The van der Waals surface area contributed by atoms with Gasteiger partial charge in [-0.2, -0.15) is 0 Å². The van der Waals surface area contributed by atoms with Crippen molar-refractivity contribution in [3.8, 4) is 0 Å². The van der Waals surface area contributed by atoms with Crippen LogP contribution in [0.1, 0.15) is 15.9 Å². The van der Waals surface area contributed by atoms with Crippen LogP contribution in [0.15, 0.2) is 46.9 Å². The molecule has 0 aromatic heterocycles. The van der Waals surface area contributed by atoms with Crippen molar-refractivity contribution in [1.82, 2.24) is 4.90 Å². The monoisotopic (exact) mass is 366 g/mol. The zero-order valence-electron chi connectivity index (χ0n) is 11.9. The molecule has 0 bridgehead atoms. The van der Waals surface area contributed by atoms with E-state index in [1.807, 2.05) is 38.4 Å². The van der Waals surface area contributed by atoms with Gasteiger partial charge in [-0.15, -0.1) is 0 Å². The second-order valence-corrected chi connectivity index (χ2v) is 6.30. The van der Waals surface area contributed by atoms with Crippen molar-refractivity contribution in [3.05, 3.63) is 63.1 Å². The lowest BCUT2D eigenvalue weighted by atomic mass is 10.1. The Labute approximate surface area is 138 Å². The number of hydrogen-bond acceptors (Lipinski definition) is 2. The lowest BCUT2D eigenvalue weighted by Gasteiger charge is -2.15. The topological polar surface area (TPSA) is 32.3 Å². The second-order valence-electron chi connectivity index (χ2n) is 4.97. The molecule has 1 amide bonds. The van der Waals surface area contributed by atoms with E-state index in [9.17, 15) is 4.79 Å². The van der Waals surface area contributed by atoms with Crippen LogP contribution in [-0.4, -0.2) is 24.9 Å². The van der Waals surface area contributed by atoms with Crippen LogP contribution in [0.3, 0.4) is 0 Å². The summed E-state index contributed by atoms with van der Waals surface area (Å²) in [5.41, 5.74) is 2.31. The van der Waals surface area contributed by atoms with Crippen LogP contribution in [0.2, 0.25) is 5.02 Å². The number of anilines is 1. The molecule has 3 nitrogen and oxygen atoms in total. The van der Waals surface area contributed by atoms with Gasteiger partial charge in [0.15, 0.2) is 0 Å². The molecule has 0 saturated heterocycles. The van der Waals surface area contributed by atoms with Crippen LogP contribution < -0.4 is 5.32 Å². The Morgan fingerprint density at radius 3 is 2.67 bits per heavy atom. The van der Waals surface area contributed by atoms with Gasteiger partial charge in [0, 0.05) is 16.7 Å². The SMILES string of the molecule is CN(C)Cc1ccccc1NC(=O)c1cc(Br)ccc1Cl. The largest absolute Gasteiger partial charge is 0.322 e. The first-order chi connectivity index (χ1) is 9.97. The van der Waals surface area contributed by atoms with E-state index in [0.29, 0.717) is 10.6 Å². The Bertz CT molecular complexity index is 658. The van der Waals surface area contributed by atoms with Crippen molar-refractivity contribution >= 4 is 39.1 Å². The summed E-state index contributed by atoms with van der Waals surface area (Å²) >= 11 is 9.44. The summed E-state index contributed by atoms with van der Waals surface area (Å²) in [5, 5.41) is 3.36. The number of halogens is 2. The number of benzene rings is 2. The first-order valence-corrected chi connectivity index (χ1v) is 7.63. The summed E-state index contributed by atoms with van der Waals surface area (Å²) in [5.74, 6) is -0.215. The molecule has 1 N–H and O–H groups in total. The zero-order chi connectivity index (χ0) is 15.4. The highest BCUT2D eigenvalue weighted by Crippen LogP contribution is 2.23. The summed E-state index contributed by atoms with van der Waals surface area (Å²) < 4.78 is 0.818. The fourth-order valence-corrected chi connectivity index (χ4v) is 2.55. The number of carbonyl (C=O) groups is 1. The minimum absolute atomic E-state index is 0.215. The molecule has 0 aliphatic heterocycles. The molecular formula is C16H16BrClN2O. The van der Waals surface area contributed by atoms with Crippen LogP contribution in [-0.2, 0) is 6.54 Å². The van der Waals surface area contributed by atoms with E-state index < -0.39 is 0 Å². The number of amides is 1. The highest BCUT2D eigenvalue weighted by molar-refractivity contribution is 9.10. The number of hydrogen-bond donors (Lipinski definition) is 1. The number of rotatable bonds is 4. The second kappa shape index (κ2) is 7.07. The number of carbonyl (C=O) groups excluding carboxylic acids is 1. The van der Waals surface area contributed by atoms with Gasteiger partial charge in [-0.25, -0.2) is 0 Å². The van der Waals surface area contributed by atoms with E-state index in [-0.39, 0.29) is 5.91 Å². The normalized spacial score (nSPS) is 10.7. The molecule has 2 aromatic rings. The maximum Gasteiger partial charge on any atom is 0.257 e. The Hall–Kier alpha value is -1.36. The summed E-state index contributed by atoms with van der Waals surface area (Å²) in [7, 11) is 3.98. The van der Waals surface area contributed by atoms with E-state index in [1.165, 1.54) is 0 Å². The van der Waals surface area contributed by atoms with E-state index in [1.54, 1.807) is 18.2 Å². The van der Waals surface area contributed by atoms with E-state index >= 15 is 0 Å². The molecule has 0 aliphatic carbocycles. The first kappa shape index (κ1) is 16.0. The van der Waals surface area contributed by atoms with Gasteiger partial charge in [0.2, 0.25) is 0 Å². The molecule has 2 rings (SSSR count). The molecule has 0 aliphatic rings. The van der Waals surface area contributed by atoms with Crippen LogP contribution in [0.4, 0.5) is 5.69 Å². The van der Waals surface area contributed by atoms with Crippen molar-refractivity contribution < 1.29 is 4.79 Å². The maximum absolute atomic E-state index is 12.4. The summed E-state index contributed by atoms with van der Waals surface area (Å²) in [6.45, 7) is 0.753. The van der Waals surface area contributed by atoms with Crippen molar-refractivity contribution in [2.45, 2.75) is 6.54 Å². The molecule has 110 valence electrons. The smallest absolute Gasteiger partial charge is 0.257 e. The van der Waals surface area contributed by atoms with Crippen LogP contribution in [0.5, 0.6) is 0 Å². The predicted octanol–water partition coefficient (Wildman–Crippen LogP) is 4.42. The van der Waals surface area contributed by atoms with Crippen molar-refractivity contribution in [2.75, 3.05) is 19.4 Å². The predicted molar refractivity (Wildman–Crippen MR) is 90.9 cm³/mol. The number of para-hydroxylation sites is 1. The van der Waals surface area contributed by atoms with Gasteiger partial charge in [0.05, 0.1) is 10.6 Å². The third kappa shape index (κ3) is 4.30. The third-order valence-electron chi connectivity index (χ3n) is 2.93. The highest BCUT2D eigenvalue weighted by Gasteiger charge is 2.13. The molecule has 0 spiro atoms. The average Bonchev–Trinajstić information content (AvgIpc) is 2.43. The molecule has 0 unspecified atom stereocenters. The van der Waals surface area contributed by atoms with Gasteiger partial charge in [0.25, 0.3) is 5.91 Å². The minimum Gasteiger partial charge on any atom is -0.322 e. The Balaban J connectivity index is 2.25. The molecule has 0 saturated carbocycles. The quantitative estimate of drug-likeness (QED) is 0.868. The lowest BCUT2D eigenvalue weighted by Crippen LogP contribution is -2.17.